The van der Waals surface area contributed by atoms with Crippen molar-refractivity contribution in [3.63, 3.8) is 0 Å². The Kier molecular flexibility index (Phi) is 2.27. The van der Waals surface area contributed by atoms with Crippen LogP contribution in [-0.2, 0) is 5.41 Å². The molecular weight excluding hydrogens is 148 g/mol. The number of nitrogens with zero attached hydrogens (tertiary/aromatic N) is 1. The van der Waals surface area contributed by atoms with Crippen LogP contribution in [0.15, 0.2) is 18.3 Å². The highest BCUT2D eigenvalue weighted by molar-refractivity contribution is 5.74. The predicted octanol–water partition coefficient (Wildman–Crippen LogP) is 2.38. The van der Waals surface area contributed by atoms with Crippen LogP contribution in [0.25, 0.3) is 0 Å². The molecule has 64 valence electrons. The largest absolute Gasteiger partial charge is 0.307 e. The molecule has 0 spiro atoms. The first kappa shape index (κ1) is 8.91. The zero-order chi connectivity index (χ0) is 9.19. The molecular formula is C10H14N2. The number of hydrogen-bond donors (Lipinski definition) is 1. The van der Waals surface area contributed by atoms with Crippen molar-refractivity contribution in [1.29, 1.82) is 5.41 Å². The quantitative estimate of drug-likeness (QED) is 0.632. The van der Waals surface area contributed by atoms with Crippen LogP contribution >= 0.6 is 0 Å². The van der Waals surface area contributed by atoms with Crippen LogP contribution in [0, 0.1) is 5.41 Å². The fourth-order valence-corrected chi connectivity index (χ4v) is 0.994. The smallest absolute Gasteiger partial charge is 0.0808 e. The normalized spacial score (nSPS) is 11.2. The van der Waals surface area contributed by atoms with Gasteiger partial charge in [0.2, 0.25) is 0 Å². The maximum atomic E-state index is 7.06. The summed E-state index contributed by atoms with van der Waals surface area (Å²) >= 11 is 0. The maximum Gasteiger partial charge on any atom is 0.0808 e. The molecule has 1 aromatic heterocycles. The van der Waals surface area contributed by atoms with Crippen LogP contribution in [0.3, 0.4) is 0 Å². The number of rotatable bonds is 1. The van der Waals surface area contributed by atoms with Gasteiger partial charge in [-0.2, -0.15) is 0 Å². The van der Waals surface area contributed by atoms with Gasteiger partial charge in [0.1, 0.15) is 0 Å². The Labute approximate surface area is 73.2 Å². The molecule has 1 N–H and O–H groups in total. The van der Waals surface area contributed by atoms with E-state index in [0.717, 1.165) is 5.69 Å². The minimum Gasteiger partial charge on any atom is -0.307 e. The standard InChI is InChI=1S/C10H14N2/c1-10(2,3)8-4-5-12-9(6-8)7-11/h4-7,11H,1-3H3. The van der Waals surface area contributed by atoms with Gasteiger partial charge < -0.3 is 5.41 Å². The van der Waals surface area contributed by atoms with Crippen molar-refractivity contribution in [3.05, 3.63) is 29.6 Å². The fraction of sp³-hybridized carbons (Fsp3) is 0.400. The number of hydrogen-bond acceptors (Lipinski definition) is 2. The van der Waals surface area contributed by atoms with Gasteiger partial charge in [-0.05, 0) is 23.1 Å². The zero-order valence-corrected chi connectivity index (χ0v) is 7.76. The molecule has 0 saturated heterocycles. The molecule has 0 unspecified atom stereocenters. The van der Waals surface area contributed by atoms with E-state index in [1.165, 1.54) is 11.8 Å². The number of aromatic nitrogens is 1. The molecule has 0 aliphatic heterocycles. The van der Waals surface area contributed by atoms with E-state index in [2.05, 4.69) is 25.8 Å². The van der Waals surface area contributed by atoms with Crippen LogP contribution in [0.5, 0.6) is 0 Å². The molecule has 0 fully saturated rings. The summed E-state index contributed by atoms with van der Waals surface area (Å²) in [6.45, 7) is 6.45. The van der Waals surface area contributed by atoms with Crippen molar-refractivity contribution in [2.24, 2.45) is 0 Å². The Hall–Kier alpha value is -1.18. The zero-order valence-electron chi connectivity index (χ0n) is 7.76. The highest BCUT2D eigenvalue weighted by Crippen LogP contribution is 2.21. The predicted molar refractivity (Wildman–Crippen MR) is 50.8 cm³/mol. The third kappa shape index (κ3) is 1.91. The van der Waals surface area contributed by atoms with Gasteiger partial charge in [0.15, 0.2) is 0 Å². The molecule has 0 amide bonds. The lowest BCUT2D eigenvalue weighted by atomic mass is 9.87. The van der Waals surface area contributed by atoms with Gasteiger partial charge in [-0.15, -0.1) is 0 Å². The van der Waals surface area contributed by atoms with Crippen molar-refractivity contribution in [3.8, 4) is 0 Å². The maximum absolute atomic E-state index is 7.06. The Morgan fingerprint density at radius 2 is 2.08 bits per heavy atom. The van der Waals surface area contributed by atoms with Gasteiger partial charge >= 0.3 is 0 Å². The number of nitrogens with one attached hydrogen (secondary N) is 1. The molecule has 0 atom stereocenters. The second-order valence-electron chi connectivity index (χ2n) is 3.86. The summed E-state index contributed by atoms with van der Waals surface area (Å²) in [5.74, 6) is 0. The van der Waals surface area contributed by atoms with Gasteiger partial charge in [-0.25, -0.2) is 0 Å². The van der Waals surface area contributed by atoms with E-state index in [1.807, 2.05) is 12.1 Å². The van der Waals surface area contributed by atoms with Gasteiger partial charge in [-0.1, -0.05) is 20.8 Å². The third-order valence-electron chi connectivity index (χ3n) is 1.79. The minimum absolute atomic E-state index is 0.140. The van der Waals surface area contributed by atoms with E-state index in [1.54, 1.807) is 6.20 Å². The van der Waals surface area contributed by atoms with Crippen LogP contribution in [0.1, 0.15) is 32.0 Å². The van der Waals surface area contributed by atoms with E-state index in [-0.39, 0.29) is 5.41 Å². The van der Waals surface area contributed by atoms with Crippen LogP contribution < -0.4 is 0 Å². The molecule has 2 nitrogen and oxygen atoms in total. The van der Waals surface area contributed by atoms with E-state index in [0.29, 0.717) is 0 Å². The molecule has 0 radical (unpaired) electrons. The van der Waals surface area contributed by atoms with E-state index < -0.39 is 0 Å². The molecule has 1 aromatic rings. The third-order valence-corrected chi connectivity index (χ3v) is 1.79. The lowest BCUT2D eigenvalue weighted by Gasteiger charge is -2.18. The molecule has 12 heavy (non-hydrogen) atoms. The second-order valence-corrected chi connectivity index (χ2v) is 3.86. The highest BCUT2D eigenvalue weighted by atomic mass is 14.7. The average molecular weight is 162 g/mol. The van der Waals surface area contributed by atoms with Crippen molar-refractivity contribution in [2.75, 3.05) is 0 Å². The fourth-order valence-electron chi connectivity index (χ4n) is 0.994. The molecule has 1 rings (SSSR count). The van der Waals surface area contributed by atoms with Gasteiger partial charge in [0, 0.05) is 12.4 Å². The Bertz CT molecular complexity index is 284. The Morgan fingerprint density at radius 3 is 2.58 bits per heavy atom. The summed E-state index contributed by atoms with van der Waals surface area (Å²) < 4.78 is 0. The molecule has 0 saturated carbocycles. The summed E-state index contributed by atoms with van der Waals surface area (Å²) in [6.07, 6.45) is 3.02. The van der Waals surface area contributed by atoms with Crippen LogP contribution in [-0.4, -0.2) is 11.2 Å². The summed E-state index contributed by atoms with van der Waals surface area (Å²) in [4.78, 5) is 4.03. The van der Waals surface area contributed by atoms with Gasteiger partial charge in [-0.3, -0.25) is 4.98 Å². The second kappa shape index (κ2) is 3.05. The molecule has 0 aliphatic carbocycles. The summed E-state index contributed by atoms with van der Waals surface area (Å²) in [5.41, 5.74) is 2.08. The molecule has 2 heteroatoms. The van der Waals surface area contributed by atoms with Crippen LogP contribution in [0.4, 0.5) is 0 Å². The molecule has 0 bridgehead atoms. The van der Waals surface area contributed by atoms with Crippen LogP contribution in [0.2, 0.25) is 0 Å². The monoisotopic (exact) mass is 162 g/mol. The van der Waals surface area contributed by atoms with Crippen molar-refractivity contribution in [1.82, 2.24) is 4.98 Å². The first-order valence-electron chi connectivity index (χ1n) is 4.01. The van der Waals surface area contributed by atoms with E-state index >= 15 is 0 Å². The lowest BCUT2D eigenvalue weighted by molar-refractivity contribution is 0.589. The van der Waals surface area contributed by atoms with Crippen molar-refractivity contribution < 1.29 is 0 Å². The van der Waals surface area contributed by atoms with Crippen molar-refractivity contribution >= 4 is 6.21 Å². The van der Waals surface area contributed by atoms with E-state index in [9.17, 15) is 0 Å². The number of pyridine rings is 1. The Balaban J connectivity index is 3.10. The van der Waals surface area contributed by atoms with E-state index in [4.69, 9.17) is 5.41 Å². The topological polar surface area (TPSA) is 36.7 Å². The SMILES string of the molecule is CC(C)(C)c1ccnc(C=N)c1. The lowest BCUT2D eigenvalue weighted by Crippen LogP contribution is -2.11. The minimum atomic E-state index is 0.140. The van der Waals surface area contributed by atoms with Gasteiger partial charge in [0.25, 0.3) is 0 Å². The average Bonchev–Trinajstić information content (AvgIpc) is 2.03. The molecule has 0 aromatic carbocycles. The van der Waals surface area contributed by atoms with Crippen molar-refractivity contribution in [2.45, 2.75) is 26.2 Å². The summed E-state index contributed by atoms with van der Waals surface area (Å²) in [7, 11) is 0. The van der Waals surface area contributed by atoms with Gasteiger partial charge in [0.05, 0.1) is 5.69 Å². The summed E-state index contributed by atoms with van der Waals surface area (Å²) in [6, 6.07) is 3.94. The highest BCUT2D eigenvalue weighted by Gasteiger charge is 2.13. The Morgan fingerprint density at radius 1 is 1.42 bits per heavy atom. The summed E-state index contributed by atoms with van der Waals surface area (Å²) in [5, 5.41) is 7.06. The first-order valence-corrected chi connectivity index (χ1v) is 4.01. The molecule has 1 heterocycles. The first-order chi connectivity index (χ1) is 5.54. The molecule has 0 aliphatic rings.